The van der Waals surface area contributed by atoms with Crippen LogP contribution in [-0.2, 0) is 0 Å². The second kappa shape index (κ2) is 4.93. The van der Waals surface area contributed by atoms with Crippen LogP contribution in [0.4, 0.5) is 10.8 Å². The zero-order chi connectivity index (χ0) is 13.3. The van der Waals surface area contributed by atoms with E-state index in [1.165, 1.54) is 11.5 Å². The van der Waals surface area contributed by atoms with Crippen molar-refractivity contribution in [2.24, 2.45) is 5.41 Å². The molecule has 1 fully saturated rings. The molecule has 2 heterocycles. The summed E-state index contributed by atoms with van der Waals surface area (Å²) in [6, 6.07) is 0. The van der Waals surface area contributed by atoms with Crippen LogP contribution in [-0.4, -0.2) is 35.3 Å². The number of nitrogens with zero attached hydrogens (tertiary/aromatic N) is 2. The van der Waals surface area contributed by atoms with Crippen LogP contribution in [0.2, 0.25) is 0 Å². The molecule has 1 aliphatic rings. The molecule has 0 radical (unpaired) electrons. The lowest BCUT2D eigenvalue weighted by Gasteiger charge is -2.42. The van der Waals surface area contributed by atoms with Gasteiger partial charge in [-0.15, -0.1) is 0 Å². The molecule has 102 valence electrons. The van der Waals surface area contributed by atoms with Gasteiger partial charge in [-0.25, -0.2) is 0 Å². The molecule has 1 atom stereocenters. The largest absolute Gasteiger partial charge is 0.487 e. The van der Waals surface area contributed by atoms with Crippen LogP contribution in [0.15, 0.2) is 0 Å². The average molecular weight is 271 g/mol. The van der Waals surface area contributed by atoms with Gasteiger partial charge in [0.15, 0.2) is 16.6 Å². The van der Waals surface area contributed by atoms with E-state index in [1.807, 2.05) is 6.92 Å². The van der Waals surface area contributed by atoms with Crippen LogP contribution in [0.1, 0.15) is 27.2 Å². The van der Waals surface area contributed by atoms with Gasteiger partial charge in [0.2, 0.25) is 0 Å². The molecule has 1 saturated heterocycles. The summed E-state index contributed by atoms with van der Waals surface area (Å²) in [7, 11) is 0. The van der Waals surface area contributed by atoms with Crippen LogP contribution >= 0.6 is 11.5 Å². The second-order valence-corrected chi connectivity index (χ2v) is 6.10. The van der Waals surface area contributed by atoms with E-state index in [0.29, 0.717) is 18.2 Å². The van der Waals surface area contributed by atoms with E-state index in [0.717, 1.165) is 24.5 Å². The van der Waals surface area contributed by atoms with Gasteiger partial charge >= 0.3 is 0 Å². The lowest BCUT2D eigenvalue weighted by atomic mass is 9.81. The molecule has 0 aromatic carbocycles. The maximum Gasteiger partial charge on any atom is 0.197 e. The summed E-state index contributed by atoms with van der Waals surface area (Å²) in [6.45, 7) is 8.27. The molecule has 3 N–H and O–H groups in total. The predicted molar refractivity (Wildman–Crippen MR) is 74.3 cm³/mol. The summed E-state index contributed by atoms with van der Waals surface area (Å²) in [5.41, 5.74) is 5.70. The fourth-order valence-corrected chi connectivity index (χ4v) is 3.07. The molecule has 0 aliphatic carbocycles. The molecular formula is C12H21N3O2S. The Kier molecular flexibility index (Phi) is 3.68. The van der Waals surface area contributed by atoms with Crippen LogP contribution < -0.4 is 15.4 Å². The summed E-state index contributed by atoms with van der Waals surface area (Å²) in [4.78, 5) is 2.21. The van der Waals surface area contributed by atoms with Crippen molar-refractivity contribution < 1.29 is 9.84 Å². The van der Waals surface area contributed by atoms with Crippen LogP contribution in [0, 0.1) is 5.41 Å². The van der Waals surface area contributed by atoms with Gasteiger partial charge in [0.25, 0.3) is 0 Å². The first kappa shape index (κ1) is 13.4. The van der Waals surface area contributed by atoms with Crippen LogP contribution in [0.5, 0.6) is 5.75 Å². The number of aromatic nitrogens is 1. The fourth-order valence-electron chi connectivity index (χ4n) is 2.28. The molecule has 1 unspecified atom stereocenters. The monoisotopic (exact) mass is 271 g/mol. The van der Waals surface area contributed by atoms with Gasteiger partial charge < -0.3 is 20.5 Å². The van der Waals surface area contributed by atoms with E-state index < -0.39 is 0 Å². The van der Waals surface area contributed by atoms with Gasteiger partial charge in [0, 0.05) is 18.5 Å². The predicted octanol–water partition coefficient (Wildman–Crippen LogP) is 1.72. The Morgan fingerprint density at radius 1 is 1.61 bits per heavy atom. The number of rotatable bonds is 3. The Bertz CT molecular complexity index is 419. The first-order chi connectivity index (χ1) is 8.45. The number of nitrogens with two attached hydrogens (primary N) is 1. The Morgan fingerprint density at radius 3 is 2.94 bits per heavy atom. The zero-order valence-corrected chi connectivity index (χ0v) is 12.0. The standard InChI is InChI=1S/C12H21N3O2S/c1-4-17-9-10(13)14-18-11(9)15-6-5-8(16)12(2,3)7-15/h8,16H,4-7H2,1-3H3,(H2,13,14). The zero-order valence-electron chi connectivity index (χ0n) is 11.1. The smallest absolute Gasteiger partial charge is 0.197 e. The molecule has 0 saturated carbocycles. The second-order valence-electron chi connectivity index (χ2n) is 5.35. The molecule has 1 aromatic heterocycles. The first-order valence-corrected chi connectivity index (χ1v) is 7.04. The van der Waals surface area contributed by atoms with Gasteiger partial charge in [-0.1, -0.05) is 13.8 Å². The maximum absolute atomic E-state index is 9.98. The summed E-state index contributed by atoms with van der Waals surface area (Å²) < 4.78 is 9.74. The molecule has 18 heavy (non-hydrogen) atoms. The number of aliphatic hydroxyl groups is 1. The van der Waals surface area contributed by atoms with Gasteiger partial charge in [-0.2, -0.15) is 4.37 Å². The summed E-state index contributed by atoms with van der Waals surface area (Å²) in [5, 5.41) is 11.0. The van der Waals surface area contributed by atoms with Crippen molar-refractivity contribution >= 4 is 22.4 Å². The Hall–Kier alpha value is -1.01. The lowest BCUT2D eigenvalue weighted by molar-refractivity contribution is 0.0336. The number of nitrogen functional groups attached to an aromatic ring is 1. The van der Waals surface area contributed by atoms with Crippen molar-refractivity contribution in [3.63, 3.8) is 0 Å². The number of hydrogen-bond donors (Lipinski definition) is 2. The Balaban J connectivity index is 2.22. The minimum Gasteiger partial charge on any atom is -0.487 e. The summed E-state index contributed by atoms with van der Waals surface area (Å²) in [5.74, 6) is 1.15. The molecule has 1 aliphatic heterocycles. The topological polar surface area (TPSA) is 71.6 Å². The molecule has 6 heteroatoms. The fraction of sp³-hybridized carbons (Fsp3) is 0.750. The average Bonchev–Trinajstić information content (AvgIpc) is 2.65. The number of ether oxygens (including phenoxy) is 1. The van der Waals surface area contributed by atoms with Crippen molar-refractivity contribution in [1.29, 1.82) is 0 Å². The summed E-state index contributed by atoms with van der Waals surface area (Å²) >= 11 is 1.37. The Morgan fingerprint density at radius 2 is 2.33 bits per heavy atom. The van der Waals surface area contributed by atoms with Crippen LogP contribution in [0.3, 0.4) is 0 Å². The number of piperidine rings is 1. The molecule has 0 amide bonds. The molecule has 1 aromatic rings. The maximum atomic E-state index is 9.98. The third kappa shape index (κ3) is 2.40. The van der Waals surface area contributed by atoms with E-state index in [9.17, 15) is 5.11 Å². The summed E-state index contributed by atoms with van der Waals surface area (Å²) in [6.07, 6.45) is 0.505. The van der Waals surface area contributed by atoms with Crippen molar-refractivity contribution in [2.75, 3.05) is 30.3 Å². The quantitative estimate of drug-likeness (QED) is 0.876. The van der Waals surface area contributed by atoms with Crippen molar-refractivity contribution in [1.82, 2.24) is 4.37 Å². The minimum atomic E-state index is -0.255. The lowest BCUT2D eigenvalue weighted by Crippen LogP contribution is -2.48. The van der Waals surface area contributed by atoms with E-state index in [-0.39, 0.29) is 11.5 Å². The van der Waals surface area contributed by atoms with E-state index >= 15 is 0 Å². The molecule has 2 rings (SSSR count). The third-order valence-electron chi connectivity index (χ3n) is 3.41. The minimum absolute atomic E-state index is 0.125. The highest BCUT2D eigenvalue weighted by atomic mass is 32.1. The van der Waals surface area contributed by atoms with Crippen molar-refractivity contribution in [2.45, 2.75) is 33.3 Å². The first-order valence-electron chi connectivity index (χ1n) is 6.26. The molecule has 0 bridgehead atoms. The van der Waals surface area contributed by atoms with Gasteiger partial charge in [0.1, 0.15) is 0 Å². The normalized spacial score (nSPS) is 23.1. The Labute approximate surface area is 112 Å². The SMILES string of the molecule is CCOc1c(N)nsc1N1CCC(O)C(C)(C)C1. The van der Waals surface area contributed by atoms with Gasteiger partial charge in [-0.05, 0) is 24.9 Å². The molecule has 5 nitrogen and oxygen atoms in total. The number of aliphatic hydroxyl groups excluding tert-OH is 1. The van der Waals surface area contributed by atoms with Gasteiger partial charge in [0.05, 0.1) is 12.7 Å². The van der Waals surface area contributed by atoms with E-state index in [4.69, 9.17) is 10.5 Å². The van der Waals surface area contributed by atoms with E-state index in [1.54, 1.807) is 0 Å². The highest BCUT2D eigenvalue weighted by molar-refractivity contribution is 7.11. The van der Waals surface area contributed by atoms with E-state index in [2.05, 4.69) is 23.1 Å². The number of hydrogen-bond acceptors (Lipinski definition) is 6. The third-order valence-corrected chi connectivity index (χ3v) is 4.31. The van der Waals surface area contributed by atoms with Gasteiger partial charge in [-0.3, -0.25) is 0 Å². The molecule has 0 spiro atoms. The highest BCUT2D eigenvalue weighted by Crippen LogP contribution is 2.42. The van der Waals surface area contributed by atoms with Crippen molar-refractivity contribution in [3.05, 3.63) is 0 Å². The number of anilines is 2. The molecular weight excluding hydrogens is 250 g/mol. The van der Waals surface area contributed by atoms with Crippen molar-refractivity contribution in [3.8, 4) is 5.75 Å². The van der Waals surface area contributed by atoms with Crippen LogP contribution in [0.25, 0.3) is 0 Å². The highest BCUT2D eigenvalue weighted by Gasteiger charge is 2.36.